The molecule has 1 atom stereocenters. The molecule has 3 aromatic rings. The number of hydrogen-bond donors (Lipinski definition) is 1. The first-order valence-electron chi connectivity index (χ1n) is 8.79. The number of benzene rings is 2. The fourth-order valence-electron chi connectivity index (χ4n) is 3.37. The molecular weight excluding hydrogens is 367 g/mol. The molecule has 1 N–H and O–H groups in total. The van der Waals surface area contributed by atoms with Crippen molar-refractivity contribution in [3.8, 4) is 11.4 Å². The number of piperazine rings is 1. The van der Waals surface area contributed by atoms with Gasteiger partial charge in [-0.25, -0.2) is 4.39 Å². The number of rotatable bonds is 4. The van der Waals surface area contributed by atoms with Gasteiger partial charge in [-0.2, -0.15) is 4.98 Å². The maximum atomic E-state index is 13.6. The third kappa shape index (κ3) is 4.53. The van der Waals surface area contributed by atoms with Gasteiger partial charge >= 0.3 is 0 Å². The zero-order chi connectivity index (χ0) is 17.9. The van der Waals surface area contributed by atoms with Crippen molar-refractivity contribution in [2.75, 3.05) is 19.6 Å². The fourth-order valence-corrected chi connectivity index (χ4v) is 3.37. The van der Waals surface area contributed by atoms with Gasteiger partial charge in [0.2, 0.25) is 11.7 Å². The van der Waals surface area contributed by atoms with Gasteiger partial charge in [0.15, 0.2) is 0 Å². The van der Waals surface area contributed by atoms with Crippen LogP contribution in [0.3, 0.4) is 0 Å². The van der Waals surface area contributed by atoms with E-state index < -0.39 is 0 Å². The summed E-state index contributed by atoms with van der Waals surface area (Å²) in [5.41, 5.74) is 3.06. The standard InChI is InChI=1S/C20H21FN4O.ClH/c1-14-4-2-6-16(10-14)20-23-19(26-24-20)13-25-9-8-22-12-18(25)15-5-3-7-17(21)11-15;/h2-7,10-11,18,22H,8-9,12-13H2,1H3;1H. The van der Waals surface area contributed by atoms with E-state index in [1.807, 2.05) is 37.3 Å². The predicted molar refractivity (Wildman–Crippen MR) is 104 cm³/mol. The van der Waals surface area contributed by atoms with Crippen LogP contribution in [-0.4, -0.2) is 34.7 Å². The minimum atomic E-state index is -0.215. The number of nitrogens with zero attached hydrogens (tertiary/aromatic N) is 3. The molecule has 1 aliphatic rings. The summed E-state index contributed by atoms with van der Waals surface area (Å²) in [6, 6.07) is 14.9. The van der Waals surface area contributed by atoms with Gasteiger partial charge in [0.25, 0.3) is 0 Å². The number of hydrogen-bond acceptors (Lipinski definition) is 5. The Morgan fingerprint density at radius 1 is 1.22 bits per heavy atom. The largest absolute Gasteiger partial charge is 0.338 e. The summed E-state index contributed by atoms with van der Waals surface area (Å²) in [6.45, 7) is 5.06. The highest BCUT2D eigenvalue weighted by Crippen LogP contribution is 2.25. The average Bonchev–Trinajstić information content (AvgIpc) is 3.11. The van der Waals surface area contributed by atoms with E-state index in [9.17, 15) is 4.39 Å². The third-order valence-electron chi connectivity index (χ3n) is 4.67. The van der Waals surface area contributed by atoms with Crippen molar-refractivity contribution in [1.82, 2.24) is 20.4 Å². The molecule has 5 nitrogen and oxygen atoms in total. The summed E-state index contributed by atoms with van der Waals surface area (Å²) in [4.78, 5) is 6.80. The second kappa shape index (κ2) is 8.61. The summed E-state index contributed by atoms with van der Waals surface area (Å²) in [5, 5.41) is 7.49. The summed E-state index contributed by atoms with van der Waals surface area (Å²) in [6.07, 6.45) is 0. The molecule has 0 bridgehead atoms. The first-order chi connectivity index (χ1) is 12.7. The second-order valence-corrected chi connectivity index (χ2v) is 6.63. The highest BCUT2D eigenvalue weighted by atomic mass is 35.5. The lowest BCUT2D eigenvalue weighted by atomic mass is 10.0. The number of aryl methyl sites for hydroxylation is 1. The van der Waals surface area contributed by atoms with Crippen molar-refractivity contribution in [2.24, 2.45) is 0 Å². The van der Waals surface area contributed by atoms with E-state index in [0.29, 0.717) is 18.3 Å². The number of nitrogens with one attached hydrogen (secondary N) is 1. The highest BCUT2D eigenvalue weighted by Gasteiger charge is 2.26. The summed E-state index contributed by atoms with van der Waals surface area (Å²) in [5.74, 6) is 0.957. The zero-order valence-corrected chi connectivity index (χ0v) is 15.9. The van der Waals surface area contributed by atoms with Gasteiger partial charge in [0, 0.05) is 31.2 Å². The molecular formula is C20H22ClFN4O. The van der Waals surface area contributed by atoms with Gasteiger partial charge < -0.3 is 9.84 Å². The maximum absolute atomic E-state index is 13.6. The van der Waals surface area contributed by atoms with Gasteiger partial charge in [-0.05, 0) is 30.7 Å². The topological polar surface area (TPSA) is 54.2 Å². The van der Waals surface area contributed by atoms with E-state index in [2.05, 4.69) is 20.4 Å². The first-order valence-corrected chi connectivity index (χ1v) is 8.79. The Balaban J connectivity index is 0.00000210. The molecule has 2 heterocycles. The van der Waals surface area contributed by atoms with Crippen molar-refractivity contribution < 1.29 is 8.91 Å². The van der Waals surface area contributed by atoms with Crippen LogP contribution in [0.25, 0.3) is 11.4 Å². The molecule has 1 aliphatic heterocycles. The summed E-state index contributed by atoms with van der Waals surface area (Å²) in [7, 11) is 0. The van der Waals surface area contributed by atoms with Crippen LogP contribution in [0.4, 0.5) is 4.39 Å². The SMILES string of the molecule is Cc1cccc(-c2noc(CN3CCNCC3c3cccc(F)c3)n2)c1.Cl. The average molecular weight is 389 g/mol. The Kier molecular flexibility index (Phi) is 6.21. The molecule has 0 aliphatic carbocycles. The van der Waals surface area contributed by atoms with Crippen molar-refractivity contribution in [3.05, 3.63) is 71.4 Å². The molecule has 0 spiro atoms. The Bertz CT molecular complexity index is 901. The lowest BCUT2D eigenvalue weighted by Crippen LogP contribution is -2.45. The van der Waals surface area contributed by atoms with Crippen LogP contribution >= 0.6 is 12.4 Å². The molecule has 7 heteroatoms. The second-order valence-electron chi connectivity index (χ2n) is 6.63. The molecule has 0 radical (unpaired) electrons. The molecule has 2 aromatic carbocycles. The van der Waals surface area contributed by atoms with E-state index >= 15 is 0 Å². The van der Waals surface area contributed by atoms with Crippen molar-refractivity contribution in [2.45, 2.75) is 19.5 Å². The van der Waals surface area contributed by atoms with Crippen LogP contribution in [0, 0.1) is 12.7 Å². The monoisotopic (exact) mass is 388 g/mol. The van der Waals surface area contributed by atoms with E-state index in [1.165, 1.54) is 6.07 Å². The number of aromatic nitrogens is 2. The van der Waals surface area contributed by atoms with Crippen molar-refractivity contribution in [1.29, 1.82) is 0 Å². The van der Waals surface area contributed by atoms with E-state index in [1.54, 1.807) is 12.1 Å². The van der Waals surface area contributed by atoms with Crippen LogP contribution in [-0.2, 0) is 6.54 Å². The van der Waals surface area contributed by atoms with Crippen LogP contribution in [0.2, 0.25) is 0 Å². The van der Waals surface area contributed by atoms with Crippen LogP contribution in [0.5, 0.6) is 0 Å². The lowest BCUT2D eigenvalue weighted by molar-refractivity contribution is 0.135. The van der Waals surface area contributed by atoms with Crippen LogP contribution in [0.1, 0.15) is 23.1 Å². The first kappa shape index (κ1) is 19.5. The molecule has 27 heavy (non-hydrogen) atoms. The summed E-state index contributed by atoms with van der Waals surface area (Å²) >= 11 is 0. The molecule has 1 fully saturated rings. The van der Waals surface area contributed by atoms with Gasteiger partial charge in [0.1, 0.15) is 5.82 Å². The predicted octanol–water partition coefficient (Wildman–Crippen LogP) is 3.75. The smallest absolute Gasteiger partial charge is 0.241 e. The number of halogens is 2. The van der Waals surface area contributed by atoms with Crippen LogP contribution < -0.4 is 5.32 Å². The van der Waals surface area contributed by atoms with Gasteiger partial charge in [0.05, 0.1) is 6.54 Å². The minimum Gasteiger partial charge on any atom is -0.338 e. The fraction of sp³-hybridized carbons (Fsp3) is 0.300. The van der Waals surface area contributed by atoms with Gasteiger partial charge in [-0.3, -0.25) is 4.90 Å². The van der Waals surface area contributed by atoms with E-state index in [-0.39, 0.29) is 24.3 Å². The maximum Gasteiger partial charge on any atom is 0.241 e. The van der Waals surface area contributed by atoms with Crippen molar-refractivity contribution >= 4 is 12.4 Å². The Hall–Kier alpha value is -2.28. The molecule has 1 unspecified atom stereocenters. The molecule has 1 saturated heterocycles. The third-order valence-corrected chi connectivity index (χ3v) is 4.67. The lowest BCUT2D eigenvalue weighted by Gasteiger charge is -2.35. The quantitative estimate of drug-likeness (QED) is 0.737. The van der Waals surface area contributed by atoms with Gasteiger partial charge in [-0.1, -0.05) is 41.1 Å². The van der Waals surface area contributed by atoms with E-state index in [4.69, 9.17) is 4.52 Å². The van der Waals surface area contributed by atoms with Crippen LogP contribution in [0.15, 0.2) is 53.1 Å². The summed E-state index contributed by atoms with van der Waals surface area (Å²) < 4.78 is 19.1. The zero-order valence-electron chi connectivity index (χ0n) is 15.1. The highest BCUT2D eigenvalue weighted by molar-refractivity contribution is 5.85. The Labute approximate surface area is 164 Å². The molecule has 0 amide bonds. The molecule has 142 valence electrons. The molecule has 1 aromatic heterocycles. The Morgan fingerprint density at radius 3 is 2.89 bits per heavy atom. The molecule has 0 saturated carbocycles. The van der Waals surface area contributed by atoms with Crippen molar-refractivity contribution in [3.63, 3.8) is 0 Å². The van der Waals surface area contributed by atoms with Gasteiger partial charge in [-0.15, -0.1) is 12.4 Å². The molecule has 4 rings (SSSR count). The van der Waals surface area contributed by atoms with E-state index in [0.717, 1.165) is 36.3 Å². The Morgan fingerprint density at radius 2 is 2.07 bits per heavy atom. The normalized spacial score (nSPS) is 17.5. The minimum absolute atomic E-state index is 0.